The van der Waals surface area contributed by atoms with Crippen LogP contribution in [0.25, 0.3) is 0 Å². The first-order chi connectivity index (χ1) is 8.28. The Morgan fingerprint density at radius 3 is 3.18 bits per heavy atom. The number of aromatic nitrogens is 2. The molecule has 94 valence electrons. The number of hydrogen-bond acceptors (Lipinski definition) is 6. The van der Waals surface area contributed by atoms with E-state index in [1.807, 2.05) is 12.3 Å². The van der Waals surface area contributed by atoms with E-state index in [1.165, 1.54) is 6.33 Å². The Bertz CT molecular complexity index is 364. The van der Waals surface area contributed by atoms with Crippen LogP contribution in [0.1, 0.15) is 6.92 Å². The smallest absolute Gasteiger partial charge is 0.217 e. The highest BCUT2D eigenvalue weighted by atomic mass is 32.2. The lowest BCUT2D eigenvalue weighted by molar-refractivity contribution is -0.0477. The normalized spacial score (nSPS) is 24.6. The molecular formula is C11H17N3O2S. The molecule has 0 aliphatic carbocycles. The Balaban J connectivity index is 1.84. The van der Waals surface area contributed by atoms with Crippen molar-refractivity contribution < 1.29 is 9.47 Å². The van der Waals surface area contributed by atoms with E-state index in [0.717, 1.165) is 18.1 Å². The van der Waals surface area contributed by atoms with Crippen molar-refractivity contribution in [3.63, 3.8) is 0 Å². The van der Waals surface area contributed by atoms with Crippen molar-refractivity contribution in [2.45, 2.75) is 24.2 Å². The van der Waals surface area contributed by atoms with Gasteiger partial charge < -0.3 is 14.8 Å². The van der Waals surface area contributed by atoms with Crippen molar-refractivity contribution in [1.29, 1.82) is 0 Å². The molecule has 0 radical (unpaired) electrons. The lowest BCUT2D eigenvalue weighted by Gasteiger charge is -2.28. The number of rotatable bonds is 4. The van der Waals surface area contributed by atoms with E-state index in [0.29, 0.717) is 12.5 Å². The molecular weight excluding hydrogens is 238 g/mol. The van der Waals surface area contributed by atoms with E-state index in [2.05, 4.69) is 22.2 Å². The van der Waals surface area contributed by atoms with Crippen molar-refractivity contribution in [3.8, 4) is 5.88 Å². The Morgan fingerprint density at radius 1 is 1.53 bits per heavy atom. The zero-order chi connectivity index (χ0) is 12.1. The zero-order valence-electron chi connectivity index (χ0n) is 10.0. The van der Waals surface area contributed by atoms with E-state index < -0.39 is 0 Å². The molecule has 0 spiro atoms. The molecule has 2 atom stereocenters. The zero-order valence-corrected chi connectivity index (χ0v) is 10.9. The Hall–Kier alpha value is -0.850. The first-order valence-electron chi connectivity index (χ1n) is 5.63. The van der Waals surface area contributed by atoms with Gasteiger partial charge in [-0.2, -0.15) is 0 Å². The van der Waals surface area contributed by atoms with Crippen LogP contribution >= 0.6 is 11.8 Å². The summed E-state index contributed by atoms with van der Waals surface area (Å²) in [5, 5.41) is 4.21. The quantitative estimate of drug-likeness (QED) is 0.639. The van der Waals surface area contributed by atoms with E-state index in [1.54, 1.807) is 11.8 Å². The lowest BCUT2D eigenvalue weighted by Crippen LogP contribution is -2.45. The van der Waals surface area contributed by atoms with Crippen LogP contribution in [0.15, 0.2) is 17.4 Å². The Labute approximate surface area is 105 Å². The minimum absolute atomic E-state index is 0.0893. The van der Waals surface area contributed by atoms with Crippen LogP contribution in [0.4, 0.5) is 0 Å². The molecule has 17 heavy (non-hydrogen) atoms. The molecule has 2 unspecified atom stereocenters. The summed E-state index contributed by atoms with van der Waals surface area (Å²) in [6.07, 6.45) is 3.82. The molecule has 0 amide bonds. The van der Waals surface area contributed by atoms with Crippen molar-refractivity contribution in [3.05, 3.63) is 12.4 Å². The molecule has 1 N–H and O–H groups in total. The van der Waals surface area contributed by atoms with Crippen LogP contribution < -0.4 is 10.1 Å². The summed E-state index contributed by atoms with van der Waals surface area (Å²) < 4.78 is 11.3. The van der Waals surface area contributed by atoms with Gasteiger partial charge in [0.05, 0.1) is 6.10 Å². The summed E-state index contributed by atoms with van der Waals surface area (Å²) >= 11 is 1.57. The fourth-order valence-corrected chi connectivity index (χ4v) is 2.03. The predicted octanol–water partition coefficient (Wildman–Crippen LogP) is 0.954. The van der Waals surface area contributed by atoms with Gasteiger partial charge in [-0.05, 0) is 13.2 Å². The second-order valence-electron chi connectivity index (χ2n) is 3.94. The second-order valence-corrected chi connectivity index (χ2v) is 4.76. The summed E-state index contributed by atoms with van der Waals surface area (Å²) in [7, 11) is 0. The minimum atomic E-state index is 0.0893. The van der Waals surface area contributed by atoms with Gasteiger partial charge in [0.2, 0.25) is 5.88 Å². The van der Waals surface area contributed by atoms with E-state index >= 15 is 0 Å². The fourth-order valence-electron chi connectivity index (χ4n) is 1.66. The lowest BCUT2D eigenvalue weighted by atomic mass is 10.2. The number of hydrogen-bond donors (Lipinski definition) is 1. The predicted molar refractivity (Wildman–Crippen MR) is 66.5 cm³/mol. The first-order valence-corrected chi connectivity index (χ1v) is 6.85. The molecule has 6 heteroatoms. The maximum Gasteiger partial charge on any atom is 0.217 e. The van der Waals surface area contributed by atoms with E-state index in [-0.39, 0.29) is 12.2 Å². The van der Waals surface area contributed by atoms with Crippen LogP contribution in [0.5, 0.6) is 5.88 Å². The van der Waals surface area contributed by atoms with Crippen molar-refractivity contribution >= 4 is 11.8 Å². The molecule has 0 aromatic carbocycles. The summed E-state index contributed by atoms with van der Waals surface area (Å²) in [5.74, 6) is 0.603. The van der Waals surface area contributed by atoms with Crippen molar-refractivity contribution in [1.82, 2.24) is 15.3 Å². The Morgan fingerprint density at radius 2 is 2.41 bits per heavy atom. The standard InChI is InChI=1S/C11H17N3O2S/c1-8-4-12-5-9(16-8)6-15-10-3-11(17-2)14-7-13-10/h3,7-9,12H,4-6H2,1-2H3. The molecule has 1 aromatic heterocycles. The van der Waals surface area contributed by atoms with Gasteiger partial charge in [-0.3, -0.25) is 0 Å². The van der Waals surface area contributed by atoms with Crippen molar-refractivity contribution in [2.75, 3.05) is 26.0 Å². The molecule has 1 fully saturated rings. The third kappa shape index (κ3) is 3.83. The van der Waals surface area contributed by atoms with Gasteiger partial charge in [-0.15, -0.1) is 11.8 Å². The topological polar surface area (TPSA) is 56.3 Å². The highest BCUT2D eigenvalue weighted by Gasteiger charge is 2.19. The number of nitrogens with zero attached hydrogens (tertiary/aromatic N) is 2. The molecule has 1 aliphatic rings. The third-order valence-corrected chi connectivity index (χ3v) is 3.11. The van der Waals surface area contributed by atoms with Crippen LogP contribution in [0, 0.1) is 0 Å². The SMILES string of the molecule is CSc1cc(OCC2CNCC(C)O2)ncn1. The maximum absolute atomic E-state index is 5.73. The van der Waals surface area contributed by atoms with Gasteiger partial charge >= 0.3 is 0 Å². The molecule has 2 heterocycles. The fraction of sp³-hybridized carbons (Fsp3) is 0.636. The third-order valence-electron chi connectivity index (χ3n) is 2.47. The van der Waals surface area contributed by atoms with E-state index in [4.69, 9.17) is 9.47 Å². The molecule has 2 rings (SSSR count). The highest BCUT2D eigenvalue weighted by molar-refractivity contribution is 7.98. The molecule has 1 saturated heterocycles. The first kappa shape index (κ1) is 12.6. The Kier molecular flexibility index (Phi) is 4.58. The van der Waals surface area contributed by atoms with Gasteiger partial charge in [0, 0.05) is 19.2 Å². The second kappa shape index (κ2) is 6.18. The average Bonchev–Trinajstić information content (AvgIpc) is 2.37. The number of morpholine rings is 1. The molecule has 5 nitrogen and oxygen atoms in total. The van der Waals surface area contributed by atoms with Crippen LogP contribution in [0.2, 0.25) is 0 Å². The van der Waals surface area contributed by atoms with Gasteiger partial charge in [-0.25, -0.2) is 9.97 Å². The van der Waals surface area contributed by atoms with Crippen LogP contribution in [-0.4, -0.2) is 48.1 Å². The highest BCUT2D eigenvalue weighted by Crippen LogP contribution is 2.15. The van der Waals surface area contributed by atoms with Crippen LogP contribution in [-0.2, 0) is 4.74 Å². The maximum atomic E-state index is 5.73. The monoisotopic (exact) mass is 255 g/mol. The van der Waals surface area contributed by atoms with Gasteiger partial charge in [0.25, 0.3) is 0 Å². The minimum Gasteiger partial charge on any atom is -0.475 e. The largest absolute Gasteiger partial charge is 0.475 e. The van der Waals surface area contributed by atoms with Gasteiger partial charge in [0.1, 0.15) is 24.1 Å². The number of ether oxygens (including phenoxy) is 2. The van der Waals surface area contributed by atoms with Gasteiger partial charge in [-0.1, -0.05) is 0 Å². The molecule has 1 aromatic rings. The van der Waals surface area contributed by atoms with Crippen molar-refractivity contribution in [2.24, 2.45) is 0 Å². The molecule has 1 aliphatic heterocycles. The average molecular weight is 255 g/mol. The summed E-state index contributed by atoms with van der Waals surface area (Å²) in [6, 6.07) is 1.84. The van der Waals surface area contributed by atoms with Crippen LogP contribution in [0.3, 0.4) is 0 Å². The summed E-state index contributed by atoms with van der Waals surface area (Å²) in [4.78, 5) is 8.16. The van der Waals surface area contributed by atoms with Gasteiger partial charge in [0.15, 0.2) is 0 Å². The van der Waals surface area contributed by atoms with E-state index in [9.17, 15) is 0 Å². The molecule has 0 saturated carbocycles. The summed E-state index contributed by atoms with van der Waals surface area (Å²) in [6.45, 7) is 4.29. The number of nitrogens with one attached hydrogen (secondary N) is 1. The number of thioether (sulfide) groups is 1. The molecule has 0 bridgehead atoms. The summed E-state index contributed by atoms with van der Waals surface area (Å²) in [5.41, 5.74) is 0.